The Kier molecular flexibility index (Phi) is 10.5. The molecule has 0 saturated carbocycles. The molecule has 2 atom stereocenters. The molecule has 3 N–H and O–H groups in total. The summed E-state index contributed by atoms with van der Waals surface area (Å²) >= 11 is 0. The molecule has 0 aliphatic rings. The van der Waals surface area contributed by atoms with Gasteiger partial charge in [0.05, 0.1) is 12.2 Å². The predicted octanol–water partition coefficient (Wildman–Crippen LogP) is 3.49. The van der Waals surface area contributed by atoms with Crippen molar-refractivity contribution in [2.45, 2.75) is 57.2 Å². The molecular formula is C20H28O4. The Morgan fingerprint density at radius 1 is 0.958 bits per heavy atom. The summed E-state index contributed by atoms with van der Waals surface area (Å²) in [5.41, 5.74) is 1.23. The highest BCUT2D eigenvalue weighted by Crippen LogP contribution is 2.07. The first kappa shape index (κ1) is 20.1. The highest BCUT2D eigenvalue weighted by molar-refractivity contribution is 5.66. The third-order valence-electron chi connectivity index (χ3n) is 3.68. The molecule has 0 fully saturated rings. The van der Waals surface area contributed by atoms with E-state index in [9.17, 15) is 15.0 Å². The number of hydrogen-bond donors (Lipinski definition) is 3. The van der Waals surface area contributed by atoms with Gasteiger partial charge in [0.2, 0.25) is 0 Å². The zero-order valence-corrected chi connectivity index (χ0v) is 14.1. The zero-order chi connectivity index (χ0) is 17.6. The fourth-order valence-corrected chi connectivity index (χ4v) is 2.31. The van der Waals surface area contributed by atoms with Crippen LogP contribution in [0.5, 0.6) is 0 Å². The molecule has 0 heterocycles. The summed E-state index contributed by atoms with van der Waals surface area (Å²) in [6.45, 7) is 0. The molecule has 1 aromatic rings. The van der Waals surface area contributed by atoms with Crippen LogP contribution in [0.15, 0.2) is 54.6 Å². The van der Waals surface area contributed by atoms with Gasteiger partial charge in [0.25, 0.3) is 0 Å². The smallest absolute Gasteiger partial charge is 0.303 e. The maximum atomic E-state index is 10.4. The molecule has 0 spiro atoms. The van der Waals surface area contributed by atoms with Crippen molar-refractivity contribution in [3.05, 3.63) is 60.2 Å². The average molecular weight is 332 g/mol. The minimum atomic E-state index is -0.831. The van der Waals surface area contributed by atoms with Gasteiger partial charge >= 0.3 is 5.97 Å². The standard InChI is InChI=1S/C20H28O4/c21-18(13-8-14-20(23)24)11-6-1-2-7-12-19(22)16-15-17-9-4-3-5-10-17/h3-7,9-12,18-19,21-22H,1-2,8,13-16H2,(H,23,24)/b11-6-,12-7+. The minimum Gasteiger partial charge on any atom is -0.481 e. The molecule has 0 aliphatic carbocycles. The molecule has 0 saturated heterocycles. The van der Waals surface area contributed by atoms with Crippen LogP contribution in [0.1, 0.15) is 44.1 Å². The molecule has 4 heteroatoms. The topological polar surface area (TPSA) is 77.8 Å². The Bertz CT molecular complexity index is 508. The third kappa shape index (κ3) is 10.8. The summed E-state index contributed by atoms with van der Waals surface area (Å²) in [6, 6.07) is 10.1. The second-order valence-corrected chi connectivity index (χ2v) is 5.88. The first-order valence-corrected chi connectivity index (χ1v) is 8.53. The molecule has 132 valence electrons. The van der Waals surface area contributed by atoms with Crippen molar-refractivity contribution < 1.29 is 20.1 Å². The molecule has 0 aromatic heterocycles. The van der Waals surface area contributed by atoms with Gasteiger partial charge in [-0.3, -0.25) is 4.79 Å². The van der Waals surface area contributed by atoms with E-state index in [-0.39, 0.29) is 6.42 Å². The van der Waals surface area contributed by atoms with E-state index in [1.807, 2.05) is 36.4 Å². The third-order valence-corrected chi connectivity index (χ3v) is 3.68. The number of carboxylic acid groups (broad SMARTS) is 1. The molecule has 0 aliphatic heterocycles. The van der Waals surface area contributed by atoms with Crippen LogP contribution < -0.4 is 0 Å². The number of aryl methyl sites for hydroxylation is 1. The number of carbonyl (C=O) groups is 1. The van der Waals surface area contributed by atoms with Gasteiger partial charge in [0.1, 0.15) is 0 Å². The van der Waals surface area contributed by atoms with E-state index in [2.05, 4.69) is 12.1 Å². The second-order valence-electron chi connectivity index (χ2n) is 5.88. The summed E-state index contributed by atoms with van der Waals surface area (Å²) in [5.74, 6) is -0.831. The minimum absolute atomic E-state index is 0.0918. The predicted molar refractivity (Wildman–Crippen MR) is 95.8 cm³/mol. The Morgan fingerprint density at radius 3 is 2.12 bits per heavy atom. The summed E-state index contributed by atoms with van der Waals surface area (Å²) < 4.78 is 0. The Morgan fingerprint density at radius 2 is 1.54 bits per heavy atom. The molecule has 0 bridgehead atoms. The highest BCUT2D eigenvalue weighted by Gasteiger charge is 2.02. The molecule has 0 amide bonds. The van der Waals surface area contributed by atoms with Gasteiger partial charge in [-0.15, -0.1) is 0 Å². The number of hydrogen-bond acceptors (Lipinski definition) is 3. The maximum absolute atomic E-state index is 10.4. The van der Waals surface area contributed by atoms with Crippen LogP contribution in [0.2, 0.25) is 0 Å². The number of aliphatic carboxylic acids is 1. The van der Waals surface area contributed by atoms with E-state index in [4.69, 9.17) is 5.11 Å². The van der Waals surface area contributed by atoms with Crippen molar-refractivity contribution in [1.29, 1.82) is 0 Å². The number of aliphatic hydroxyl groups excluding tert-OH is 2. The van der Waals surface area contributed by atoms with Crippen LogP contribution >= 0.6 is 0 Å². The van der Waals surface area contributed by atoms with Crippen LogP contribution in [-0.2, 0) is 11.2 Å². The molecular weight excluding hydrogens is 304 g/mol. The lowest BCUT2D eigenvalue weighted by molar-refractivity contribution is -0.137. The van der Waals surface area contributed by atoms with Crippen molar-refractivity contribution in [2.24, 2.45) is 0 Å². The molecule has 2 unspecified atom stereocenters. The fraction of sp³-hybridized carbons (Fsp3) is 0.450. The van der Waals surface area contributed by atoms with Crippen LogP contribution in [0.25, 0.3) is 0 Å². The molecule has 1 rings (SSSR count). The monoisotopic (exact) mass is 332 g/mol. The Hall–Kier alpha value is -1.91. The first-order valence-electron chi connectivity index (χ1n) is 8.53. The van der Waals surface area contributed by atoms with Gasteiger partial charge in [-0.1, -0.05) is 54.6 Å². The fourth-order valence-electron chi connectivity index (χ4n) is 2.31. The van der Waals surface area contributed by atoms with Gasteiger partial charge < -0.3 is 15.3 Å². The molecule has 4 nitrogen and oxygen atoms in total. The van der Waals surface area contributed by atoms with E-state index in [1.54, 1.807) is 6.08 Å². The largest absolute Gasteiger partial charge is 0.481 e. The second kappa shape index (κ2) is 12.5. The molecule has 1 aromatic carbocycles. The highest BCUT2D eigenvalue weighted by atomic mass is 16.4. The van der Waals surface area contributed by atoms with Crippen LogP contribution in [0.3, 0.4) is 0 Å². The quantitative estimate of drug-likeness (QED) is 0.404. The van der Waals surface area contributed by atoms with E-state index in [0.717, 1.165) is 19.3 Å². The van der Waals surface area contributed by atoms with Gasteiger partial charge in [-0.2, -0.15) is 0 Å². The Balaban J connectivity index is 2.09. The maximum Gasteiger partial charge on any atom is 0.303 e. The van der Waals surface area contributed by atoms with E-state index in [1.165, 1.54) is 5.56 Å². The normalized spacial score (nSPS) is 14.2. The number of rotatable bonds is 12. The lowest BCUT2D eigenvalue weighted by Crippen LogP contribution is -2.04. The summed E-state index contributed by atoms with van der Waals surface area (Å²) in [4.78, 5) is 10.4. The van der Waals surface area contributed by atoms with Gasteiger partial charge in [-0.05, 0) is 44.1 Å². The van der Waals surface area contributed by atoms with E-state index < -0.39 is 18.2 Å². The van der Waals surface area contributed by atoms with Crippen molar-refractivity contribution >= 4 is 5.97 Å². The van der Waals surface area contributed by atoms with Crippen molar-refractivity contribution in [2.75, 3.05) is 0 Å². The zero-order valence-electron chi connectivity index (χ0n) is 14.1. The van der Waals surface area contributed by atoms with Gasteiger partial charge in [-0.25, -0.2) is 0 Å². The summed E-state index contributed by atoms with van der Waals surface area (Å²) in [6.07, 6.45) is 10.6. The van der Waals surface area contributed by atoms with Gasteiger partial charge in [0, 0.05) is 6.42 Å². The number of unbranched alkanes of at least 4 members (excludes halogenated alkanes) is 1. The van der Waals surface area contributed by atoms with Crippen molar-refractivity contribution in [3.63, 3.8) is 0 Å². The lowest BCUT2D eigenvalue weighted by Gasteiger charge is -2.05. The number of allylic oxidation sites excluding steroid dienone is 2. The van der Waals surface area contributed by atoms with E-state index in [0.29, 0.717) is 19.3 Å². The van der Waals surface area contributed by atoms with E-state index >= 15 is 0 Å². The average Bonchev–Trinajstić information content (AvgIpc) is 2.56. The van der Waals surface area contributed by atoms with Crippen LogP contribution in [-0.4, -0.2) is 33.5 Å². The van der Waals surface area contributed by atoms with Crippen LogP contribution in [0, 0.1) is 0 Å². The number of benzene rings is 1. The van der Waals surface area contributed by atoms with Crippen molar-refractivity contribution in [1.82, 2.24) is 0 Å². The summed E-state index contributed by atoms with van der Waals surface area (Å²) in [7, 11) is 0. The first-order chi connectivity index (χ1) is 11.6. The van der Waals surface area contributed by atoms with Gasteiger partial charge in [0.15, 0.2) is 0 Å². The molecule has 0 radical (unpaired) electrons. The van der Waals surface area contributed by atoms with Crippen LogP contribution in [0.4, 0.5) is 0 Å². The number of aliphatic hydroxyl groups is 2. The molecule has 24 heavy (non-hydrogen) atoms. The lowest BCUT2D eigenvalue weighted by atomic mass is 10.1. The SMILES string of the molecule is O=C(O)CCCC(O)/C=C\CC/C=C/C(O)CCc1ccccc1. The number of carboxylic acids is 1. The summed E-state index contributed by atoms with van der Waals surface area (Å²) in [5, 5.41) is 28.1. The van der Waals surface area contributed by atoms with Crippen molar-refractivity contribution in [3.8, 4) is 0 Å². The Labute approximate surface area is 144 Å².